The summed E-state index contributed by atoms with van der Waals surface area (Å²) in [6.45, 7) is 1.19. The molecule has 1 amide bonds. The van der Waals surface area contributed by atoms with Crippen LogP contribution >= 0.6 is 23.2 Å². The summed E-state index contributed by atoms with van der Waals surface area (Å²) in [6, 6.07) is 10.8. The smallest absolute Gasteiger partial charge is 0.340 e. The number of amides is 1. The molecule has 5 nitrogen and oxygen atoms in total. The zero-order valence-corrected chi connectivity index (χ0v) is 15.6. The zero-order valence-electron chi connectivity index (χ0n) is 14.1. The molecule has 8 heteroatoms. The summed E-state index contributed by atoms with van der Waals surface area (Å²) >= 11 is 11.4. The van der Waals surface area contributed by atoms with Crippen LogP contribution in [0.25, 0.3) is 11.0 Å². The molecule has 1 atom stereocenters. The Morgan fingerprint density at radius 2 is 1.93 bits per heavy atom. The predicted molar refractivity (Wildman–Crippen MR) is 99.5 cm³/mol. The Labute approximate surface area is 164 Å². The molecule has 0 aliphatic heterocycles. The van der Waals surface area contributed by atoms with Crippen molar-refractivity contribution in [3.05, 3.63) is 69.7 Å². The van der Waals surface area contributed by atoms with Crippen LogP contribution in [-0.4, -0.2) is 18.5 Å². The Hall–Kier alpha value is -2.57. The minimum Gasteiger partial charge on any atom is -0.459 e. The van der Waals surface area contributed by atoms with Crippen LogP contribution in [0, 0.1) is 5.82 Å². The van der Waals surface area contributed by atoms with Crippen LogP contribution in [0.15, 0.2) is 46.9 Å². The van der Waals surface area contributed by atoms with Crippen molar-refractivity contribution in [2.24, 2.45) is 0 Å². The molecule has 0 fully saturated rings. The molecule has 0 aliphatic rings. The summed E-state index contributed by atoms with van der Waals surface area (Å²) < 4.78 is 24.0. The maximum atomic E-state index is 13.5. The lowest BCUT2D eigenvalue weighted by atomic mass is 10.2. The van der Waals surface area contributed by atoms with Crippen LogP contribution in [0.1, 0.15) is 29.1 Å². The highest BCUT2D eigenvalue weighted by atomic mass is 35.5. The van der Waals surface area contributed by atoms with Crippen molar-refractivity contribution in [1.82, 2.24) is 5.32 Å². The second-order valence-corrected chi connectivity index (χ2v) is 6.61. The highest BCUT2D eigenvalue weighted by molar-refractivity contribution is 6.36. The number of esters is 1. The fraction of sp³-hybridized carbons (Fsp3) is 0.158. The molecule has 0 aliphatic carbocycles. The van der Waals surface area contributed by atoms with Crippen molar-refractivity contribution in [2.45, 2.75) is 13.0 Å². The minimum absolute atomic E-state index is 0.0672. The summed E-state index contributed by atoms with van der Waals surface area (Å²) in [5.74, 6) is -1.71. The van der Waals surface area contributed by atoms with E-state index in [0.29, 0.717) is 11.3 Å². The van der Waals surface area contributed by atoms with Crippen molar-refractivity contribution in [3.63, 3.8) is 0 Å². The van der Waals surface area contributed by atoms with E-state index in [-0.39, 0.29) is 15.6 Å². The van der Waals surface area contributed by atoms with Gasteiger partial charge in [-0.15, -0.1) is 0 Å². The third kappa shape index (κ3) is 4.40. The lowest BCUT2D eigenvalue weighted by Crippen LogP contribution is -2.31. The average Bonchev–Trinajstić information content (AvgIpc) is 3.07. The molecule has 0 radical (unpaired) electrons. The van der Waals surface area contributed by atoms with E-state index in [2.05, 4.69) is 5.32 Å². The van der Waals surface area contributed by atoms with Crippen LogP contribution in [0.5, 0.6) is 0 Å². The third-order valence-electron chi connectivity index (χ3n) is 3.81. The quantitative estimate of drug-likeness (QED) is 0.479. The largest absolute Gasteiger partial charge is 0.459 e. The lowest BCUT2D eigenvalue weighted by Gasteiger charge is -2.12. The fourth-order valence-corrected chi connectivity index (χ4v) is 2.92. The molecular formula is C19H14Cl2FNO4. The number of fused-ring (bicyclic) bond motifs is 1. The van der Waals surface area contributed by atoms with Gasteiger partial charge < -0.3 is 14.5 Å². The van der Waals surface area contributed by atoms with Crippen LogP contribution < -0.4 is 5.32 Å². The van der Waals surface area contributed by atoms with E-state index < -0.39 is 30.3 Å². The number of rotatable bonds is 5. The van der Waals surface area contributed by atoms with Gasteiger partial charge >= 0.3 is 5.97 Å². The van der Waals surface area contributed by atoms with Gasteiger partial charge in [0.15, 0.2) is 6.61 Å². The summed E-state index contributed by atoms with van der Waals surface area (Å²) in [6.07, 6.45) is 0. The number of hydrogen-bond acceptors (Lipinski definition) is 4. The summed E-state index contributed by atoms with van der Waals surface area (Å²) in [5.41, 5.74) is 0.496. The van der Waals surface area contributed by atoms with Crippen molar-refractivity contribution >= 4 is 46.0 Å². The first-order valence-corrected chi connectivity index (χ1v) is 8.70. The Morgan fingerprint density at radius 1 is 1.19 bits per heavy atom. The highest BCUT2D eigenvalue weighted by Crippen LogP contribution is 2.25. The molecule has 1 N–H and O–H groups in total. The molecule has 0 saturated heterocycles. The van der Waals surface area contributed by atoms with Gasteiger partial charge in [-0.05, 0) is 31.2 Å². The molecule has 140 valence electrons. The summed E-state index contributed by atoms with van der Waals surface area (Å²) in [4.78, 5) is 24.0. The topological polar surface area (TPSA) is 68.5 Å². The number of halogens is 3. The standard InChI is InChI=1S/C19H14Cl2FNO4/c1-10(17-6-11-4-2-3-5-16(11)27-17)23-18(24)9-26-19(25)12-7-15(22)14(21)8-13(12)20/h2-8,10H,9H2,1H3,(H,23,24)/t10-/m0/s1. The molecular weight excluding hydrogens is 396 g/mol. The van der Waals surface area contributed by atoms with Gasteiger partial charge in [-0.1, -0.05) is 41.4 Å². The van der Waals surface area contributed by atoms with E-state index in [4.69, 9.17) is 32.4 Å². The van der Waals surface area contributed by atoms with E-state index in [0.717, 1.165) is 17.5 Å². The maximum absolute atomic E-state index is 13.5. The van der Waals surface area contributed by atoms with Gasteiger partial charge in [-0.3, -0.25) is 4.79 Å². The molecule has 0 saturated carbocycles. The first-order valence-electron chi connectivity index (χ1n) is 7.94. The molecule has 0 bridgehead atoms. The molecule has 3 rings (SSSR count). The van der Waals surface area contributed by atoms with Crippen molar-refractivity contribution in [1.29, 1.82) is 0 Å². The van der Waals surface area contributed by atoms with E-state index in [1.54, 1.807) is 6.92 Å². The third-order valence-corrected chi connectivity index (χ3v) is 4.42. The average molecular weight is 410 g/mol. The second kappa shape index (κ2) is 7.98. The van der Waals surface area contributed by atoms with Crippen LogP contribution in [0.3, 0.4) is 0 Å². The van der Waals surface area contributed by atoms with E-state index in [1.807, 2.05) is 30.3 Å². The normalized spacial score (nSPS) is 12.0. The number of para-hydroxylation sites is 1. The zero-order chi connectivity index (χ0) is 19.6. The minimum atomic E-state index is -0.929. The molecule has 2 aromatic carbocycles. The van der Waals surface area contributed by atoms with Crippen molar-refractivity contribution in [2.75, 3.05) is 6.61 Å². The van der Waals surface area contributed by atoms with E-state index in [9.17, 15) is 14.0 Å². The van der Waals surface area contributed by atoms with Crippen LogP contribution in [-0.2, 0) is 9.53 Å². The van der Waals surface area contributed by atoms with Crippen molar-refractivity contribution < 1.29 is 23.1 Å². The molecule has 1 heterocycles. The number of furan rings is 1. The van der Waals surface area contributed by atoms with E-state index >= 15 is 0 Å². The monoisotopic (exact) mass is 409 g/mol. The predicted octanol–water partition coefficient (Wildman–Crippen LogP) is 4.91. The summed E-state index contributed by atoms with van der Waals surface area (Å²) in [7, 11) is 0. The molecule has 27 heavy (non-hydrogen) atoms. The van der Waals surface area contributed by atoms with Gasteiger partial charge in [0, 0.05) is 5.39 Å². The van der Waals surface area contributed by atoms with Gasteiger partial charge in [0.2, 0.25) is 0 Å². The Balaban J connectivity index is 1.59. The number of ether oxygens (including phenoxy) is 1. The number of nitrogens with one attached hydrogen (secondary N) is 1. The molecule has 3 aromatic rings. The molecule has 1 aromatic heterocycles. The first kappa shape index (κ1) is 19.2. The first-order chi connectivity index (χ1) is 12.8. The van der Waals surface area contributed by atoms with Gasteiger partial charge in [-0.25, -0.2) is 9.18 Å². The lowest BCUT2D eigenvalue weighted by molar-refractivity contribution is -0.125. The Morgan fingerprint density at radius 3 is 2.67 bits per heavy atom. The molecule has 0 spiro atoms. The molecule has 0 unspecified atom stereocenters. The van der Waals surface area contributed by atoms with Crippen LogP contribution in [0.2, 0.25) is 10.0 Å². The van der Waals surface area contributed by atoms with Gasteiger partial charge in [0.1, 0.15) is 17.2 Å². The maximum Gasteiger partial charge on any atom is 0.340 e. The van der Waals surface area contributed by atoms with Gasteiger partial charge in [0.25, 0.3) is 5.91 Å². The summed E-state index contributed by atoms with van der Waals surface area (Å²) in [5, 5.41) is 3.30. The number of benzene rings is 2. The van der Waals surface area contributed by atoms with Gasteiger partial charge in [-0.2, -0.15) is 0 Å². The number of carbonyl (C=O) groups is 2. The number of hydrogen-bond donors (Lipinski definition) is 1. The Kier molecular flexibility index (Phi) is 5.68. The second-order valence-electron chi connectivity index (χ2n) is 5.80. The fourth-order valence-electron chi connectivity index (χ4n) is 2.46. The number of carbonyl (C=O) groups excluding carboxylic acids is 2. The van der Waals surface area contributed by atoms with Crippen LogP contribution in [0.4, 0.5) is 4.39 Å². The van der Waals surface area contributed by atoms with Crippen molar-refractivity contribution in [3.8, 4) is 0 Å². The van der Waals surface area contributed by atoms with E-state index in [1.165, 1.54) is 0 Å². The van der Waals surface area contributed by atoms with Gasteiger partial charge in [0.05, 0.1) is 21.7 Å². The SMILES string of the molecule is C[C@H](NC(=O)COC(=O)c1cc(F)c(Cl)cc1Cl)c1cc2ccccc2o1. The highest BCUT2D eigenvalue weighted by Gasteiger charge is 2.19. The Bertz CT molecular complexity index is 985.